The summed E-state index contributed by atoms with van der Waals surface area (Å²) >= 11 is 4.59. The number of rotatable bonds is 9. The first kappa shape index (κ1) is 22.5. The first-order valence-corrected chi connectivity index (χ1v) is 12.9. The van der Waals surface area contributed by atoms with Gasteiger partial charge in [0.05, 0.1) is 0 Å². The van der Waals surface area contributed by atoms with Crippen LogP contribution in [0.25, 0.3) is 0 Å². The summed E-state index contributed by atoms with van der Waals surface area (Å²) in [4.78, 5) is 0. The Morgan fingerprint density at radius 2 is 0.933 bits per heavy atom. The number of hydrogen-bond donors (Lipinski definition) is 1. The van der Waals surface area contributed by atoms with Crippen LogP contribution in [0.4, 0.5) is 0 Å². The van der Waals surface area contributed by atoms with Crippen LogP contribution in [0, 0.1) is 0 Å². The quantitative estimate of drug-likeness (QED) is 0.392. The van der Waals surface area contributed by atoms with Crippen LogP contribution in [0.5, 0.6) is 17.2 Å². The number of methoxy groups -OCH3 is 3. The van der Waals surface area contributed by atoms with Crippen LogP contribution in [0.15, 0.2) is 72.8 Å². The third-order valence-electron chi connectivity index (χ3n) is 5.94. The van der Waals surface area contributed by atoms with Crippen molar-refractivity contribution < 1.29 is 14.2 Å². The van der Waals surface area contributed by atoms with Gasteiger partial charge in [-0.25, -0.2) is 0 Å². The summed E-state index contributed by atoms with van der Waals surface area (Å²) in [6.45, 7) is 2.36. The van der Waals surface area contributed by atoms with Crippen LogP contribution >= 0.6 is 19.9 Å². The molecule has 0 aliphatic heterocycles. The summed E-state index contributed by atoms with van der Waals surface area (Å²) in [5.41, 5.74) is 0.435. The molecule has 160 valence electrons. The van der Waals surface area contributed by atoms with Crippen molar-refractivity contribution in [1.29, 1.82) is 0 Å². The van der Waals surface area contributed by atoms with E-state index in [0.29, 0.717) is 5.66 Å². The van der Waals surface area contributed by atoms with Crippen molar-refractivity contribution >= 4 is 35.8 Å². The SMILES string of the molecule is COc1ccc([PH](c2ccc(OC)cc2)(c2ccc(OC)cc2)C(C)CCS)cc1. The fourth-order valence-electron chi connectivity index (χ4n) is 4.33. The minimum atomic E-state index is -2.37. The zero-order chi connectivity index (χ0) is 21.6. The fraction of sp³-hybridized carbons (Fsp3) is 0.280. The summed E-state index contributed by atoms with van der Waals surface area (Å²) < 4.78 is 16.3. The molecule has 0 spiro atoms. The number of thiol groups is 1. The van der Waals surface area contributed by atoms with Gasteiger partial charge in [-0.1, -0.05) is 0 Å². The van der Waals surface area contributed by atoms with Crippen LogP contribution in [0.3, 0.4) is 0 Å². The molecular weight excluding hydrogens is 411 g/mol. The molecular formula is C25H31O3PS. The second-order valence-corrected chi connectivity index (χ2v) is 12.2. The third kappa shape index (κ3) is 4.31. The molecule has 1 atom stereocenters. The van der Waals surface area contributed by atoms with Crippen molar-refractivity contribution in [2.45, 2.75) is 19.0 Å². The number of hydrogen-bond acceptors (Lipinski definition) is 4. The molecule has 0 aromatic heterocycles. The Kier molecular flexibility index (Phi) is 7.69. The topological polar surface area (TPSA) is 27.7 Å². The Morgan fingerprint density at radius 1 is 0.633 bits per heavy atom. The van der Waals surface area contributed by atoms with Crippen molar-refractivity contribution in [3.63, 3.8) is 0 Å². The molecule has 0 N–H and O–H groups in total. The Morgan fingerprint density at radius 3 is 1.17 bits per heavy atom. The van der Waals surface area contributed by atoms with Crippen LogP contribution < -0.4 is 30.1 Å². The Balaban J connectivity index is 2.30. The van der Waals surface area contributed by atoms with Crippen molar-refractivity contribution in [2.24, 2.45) is 0 Å². The predicted molar refractivity (Wildman–Crippen MR) is 134 cm³/mol. The summed E-state index contributed by atoms with van der Waals surface area (Å²) in [5.74, 6) is 3.45. The number of benzene rings is 3. The van der Waals surface area contributed by atoms with Crippen molar-refractivity contribution in [3.05, 3.63) is 72.8 Å². The van der Waals surface area contributed by atoms with E-state index < -0.39 is 7.26 Å². The van der Waals surface area contributed by atoms with Gasteiger partial charge in [0.15, 0.2) is 0 Å². The molecule has 3 aromatic rings. The average Bonchev–Trinajstić information content (AvgIpc) is 2.81. The zero-order valence-electron chi connectivity index (χ0n) is 18.1. The molecule has 0 aliphatic carbocycles. The summed E-state index contributed by atoms with van der Waals surface area (Å²) in [6.07, 6.45) is 1.03. The van der Waals surface area contributed by atoms with Crippen molar-refractivity contribution in [1.82, 2.24) is 0 Å². The molecule has 30 heavy (non-hydrogen) atoms. The zero-order valence-corrected chi connectivity index (χ0v) is 20.0. The average molecular weight is 443 g/mol. The molecule has 0 saturated heterocycles. The van der Waals surface area contributed by atoms with Gasteiger partial charge in [-0.3, -0.25) is 0 Å². The van der Waals surface area contributed by atoms with E-state index in [1.807, 2.05) is 0 Å². The molecule has 1 unspecified atom stereocenters. The second kappa shape index (κ2) is 10.2. The molecule has 0 bridgehead atoms. The fourth-order valence-corrected chi connectivity index (χ4v) is 10.3. The predicted octanol–water partition coefficient (Wildman–Crippen LogP) is 4.45. The van der Waals surface area contributed by atoms with Crippen LogP contribution in [-0.4, -0.2) is 32.7 Å². The Labute approximate surface area is 186 Å². The van der Waals surface area contributed by atoms with Gasteiger partial charge in [-0.05, 0) is 0 Å². The normalized spacial score (nSPS) is 12.8. The van der Waals surface area contributed by atoms with E-state index in [-0.39, 0.29) is 0 Å². The van der Waals surface area contributed by atoms with Crippen LogP contribution in [-0.2, 0) is 0 Å². The molecule has 0 radical (unpaired) electrons. The van der Waals surface area contributed by atoms with Gasteiger partial charge in [-0.2, -0.15) is 0 Å². The molecule has 0 heterocycles. The summed E-state index contributed by atoms with van der Waals surface area (Å²) in [6, 6.07) is 25.8. The van der Waals surface area contributed by atoms with E-state index in [1.165, 1.54) is 15.9 Å². The van der Waals surface area contributed by atoms with Crippen LogP contribution in [0.2, 0.25) is 0 Å². The van der Waals surface area contributed by atoms with Crippen molar-refractivity contribution in [3.8, 4) is 17.2 Å². The maximum absolute atomic E-state index is 5.43. The van der Waals surface area contributed by atoms with E-state index in [2.05, 4.69) is 92.3 Å². The molecule has 0 amide bonds. The second-order valence-electron chi connectivity index (χ2n) is 7.41. The van der Waals surface area contributed by atoms with Gasteiger partial charge in [0.25, 0.3) is 0 Å². The van der Waals surface area contributed by atoms with Crippen LogP contribution in [0.1, 0.15) is 13.3 Å². The van der Waals surface area contributed by atoms with Gasteiger partial charge in [0, 0.05) is 0 Å². The van der Waals surface area contributed by atoms with Gasteiger partial charge in [-0.15, -0.1) is 0 Å². The molecule has 3 rings (SSSR count). The van der Waals surface area contributed by atoms with Crippen molar-refractivity contribution in [2.75, 3.05) is 27.1 Å². The molecule has 0 aliphatic rings. The molecule has 0 saturated carbocycles. The maximum atomic E-state index is 5.43. The summed E-state index contributed by atoms with van der Waals surface area (Å²) in [7, 11) is 2.74. The van der Waals surface area contributed by atoms with E-state index in [0.717, 1.165) is 29.4 Å². The minimum absolute atomic E-state index is 0.435. The van der Waals surface area contributed by atoms with Gasteiger partial charge < -0.3 is 0 Å². The third-order valence-corrected chi connectivity index (χ3v) is 11.7. The van der Waals surface area contributed by atoms with E-state index in [4.69, 9.17) is 14.2 Å². The first-order chi connectivity index (χ1) is 14.6. The monoisotopic (exact) mass is 442 g/mol. The molecule has 3 nitrogen and oxygen atoms in total. The molecule has 5 heteroatoms. The standard InChI is InChI=1S/C25H31O3PS/c1-19(17-18-30)29(23-11-5-20(26-2)6-12-23,24-13-7-21(27-3)8-14-24)25-15-9-22(28-4)10-16-25/h5-16,19,29-30H,17-18H2,1-4H3. The molecule has 3 aromatic carbocycles. The number of ether oxygens (including phenoxy) is 3. The van der Waals surface area contributed by atoms with Gasteiger partial charge >= 0.3 is 186 Å². The molecule has 0 fully saturated rings. The Bertz CT molecular complexity index is 808. The van der Waals surface area contributed by atoms with E-state index in [9.17, 15) is 0 Å². The van der Waals surface area contributed by atoms with E-state index >= 15 is 0 Å². The first-order valence-electron chi connectivity index (χ1n) is 10.1. The van der Waals surface area contributed by atoms with Gasteiger partial charge in [0.2, 0.25) is 0 Å². The summed E-state index contributed by atoms with van der Waals surface area (Å²) in [5, 5.41) is 4.06. The van der Waals surface area contributed by atoms with Gasteiger partial charge in [0.1, 0.15) is 0 Å². The van der Waals surface area contributed by atoms with E-state index in [1.54, 1.807) is 21.3 Å². The Hall–Kier alpha value is -2.16.